The maximum atomic E-state index is 4.05. The number of hydrogen-bond donors (Lipinski definition) is 0. The Morgan fingerprint density at radius 1 is 0.381 bits per heavy atom. The smallest absolute Gasteiger partial charge is 0.0305 e. The number of pyridine rings is 2. The Balaban J connectivity index is -0.000000458. The molecule has 0 bridgehead atoms. The number of nitrogens with zero attached hydrogens (tertiary/aromatic N) is 2. The zero-order valence-electron chi connectivity index (χ0n) is 31.1. The average Bonchev–Trinajstić information content (AvgIpc) is 2.84. The van der Waals surface area contributed by atoms with E-state index in [1.165, 1.54) is 16.7 Å². The first-order chi connectivity index (χ1) is 19.0. The lowest BCUT2D eigenvalue weighted by atomic mass is 9.87. The number of aromatic nitrogens is 2. The van der Waals surface area contributed by atoms with Crippen molar-refractivity contribution in [2.75, 3.05) is 0 Å². The molecule has 0 N–H and O–H groups in total. The summed E-state index contributed by atoms with van der Waals surface area (Å²) in [6, 6.07) is 18.7. The highest BCUT2D eigenvalue weighted by Crippen LogP contribution is 2.21. The molecular formula is C40H70N2. The molecule has 0 aliphatic rings. The maximum Gasteiger partial charge on any atom is 0.0305 e. The van der Waals surface area contributed by atoms with E-state index < -0.39 is 0 Å². The van der Waals surface area contributed by atoms with E-state index in [1.54, 1.807) is 6.20 Å². The molecule has 0 atom stereocenters. The summed E-state index contributed by atoms with van der Waals surface area (Å²) in [5, 5.41) is 0. The second-order valence-corrected chi connectivity index (χ2v) is 15.8. The molecular weight excluding hydrogens is 508 g/mol. The normalized spacial score (nSPS) is 10.8. The van der Waals surface area contributed by atoms with Crippen LogP contribution < -0.4 is 0 Å². The number of hydrogen-bond acceptors (Lipinski definition) is 2. The van der Waals surface area contributed by atoms with Crippen molar-refractivity contribution < 1.29 is 0 Å². The van der Waals surface area contributed by atoms with Crippen molar-refractivity contribution in [2.24, 2.45) is 17.8 Å². The van der Waals surface area contributed by atoms with Gasteiger partial charge in [0.15, 0.2) is 0 Å². The van der Waals surface area contributed by atoms with Crippen LogP contribution in [0.25, 0.3) is 0 Å². The predicted octanol–water partition coefficient (Wildman–Crippen LogP) is 12.7. The lowest BCUT2D eigenvalue weighted by molar-refractivity contribution is 0.587. The van der Waals surface area contributed by atoms with Crippen LogP contribution in [0.5, 0.6) is 0 Å². The monoisotopic (exact) mass is 579 g/mol. The third kappa shape index (κ3) is 32.0. The second-order valence-electron chi connectivity index (χ2n) is 15.8. The van der Waals surface area contributed by atoms with Crippen LogP contribution in [0.4, 0.5) is 0 Å². The average molecular weight is 579 g/mol. The van der Waals surface area contributed by atoms with Gasteiger partial charge in [0.05, 0.1) is 0 Å². The lowest BCUT2D eigenvalue weighted by Gasteiger charge is -2.18. The summed E-state index contributed by atoms with van der Waals surface area (Å²) in [5.74, 6) is 2.50. The molecule has 0 spiro atoms. The Hall–Kier alpha value is -2.48. The molecule has 2 aromatic heterocycles. The molecule has 2 nitrogen and oxygen atoms in total. The second kappa shape index (κ2) is 23.0. The van der Waals surface area contributed by atoms with Crippen LogP contribution in [0.15, 0.2) is 79.4 Å². The minimum atomic E-state index is 0.230. The van der Waals surface area contributed by atoms with Crippen molar-refractivity contribution in [1.29, 1.82) is 0 Å². The topological polar surface area (TPSA) is 25.8 Å². The molecule has 3 aromatic rings. The molecule has 0 saturated heterocycles. The minimum absolute atomic E-state index is 0.230. The number of rotatable bonds is 0. The van der Waals surface area contributed by atoms with Gasteiger partial charge in [-0.25, -0.2) is 0 Å². The molecule has 0 aliphatic carbocycles. The first-order valence-electron chi connectivity index (χ1n) is 15.9. The third-order valence-electron chi connectivity index (χ3n) is 4.71. The summed E-state index contributed by atoms with van der Waals surface area (Å²) in [7, 11) is 0. The Morgan fingerprint density at radius 3 is 0.905 bits per heavy atom. The van der Waals surface area contributed by atoms with Gasteiger partial charge in [-0.1, -0.05) is 161 Å². The fourth-order valence-corrected chi connectivity index (χ4v) is 2.60. The molecule has 2 heterocycles. The van der Waals surface area contributed by atoms with Gasteiger partial charge in [0, 0.05) is 24.8 Å². The molecule has 0 radical (unpaired) electrons. The molecule has 0 unspecified atom stereocenters. The highest BCUT2D eigenvalue weighted by atomic mass is 14.6. The Bertz CT molecular complexity index is 813. The van der Waals surface area contributed by atoms with E-state index in [0.717, 1.165) is 17.8 Å². The van der Waals surface area contributed by atoms with Gasteiger partial charge in [-0.15, -0.1) is 0 Å². The van der Waals surface area contributed by atoms with Gasteiger partial charge in [-0.3, -0.25) is 9.97 Å². The first kappa shape index (κ1) is 44.0. The van der Waals surface area contributed by atoms with Crippen molar-refractivity contribution in [3.8, 4) is 0 Å². The maximum absolute atomic E-state index is 4.05. The zero-order chi connectivity index (χ0) is 33.6. The SMILES string of the molecule is CC(C)(C)c1ccccc1.CC(C)(C)c1cccnc1.CC(C)(C)c1ccncc1.CC(C)C.CC(C)C.CC(C)C. The quantitative estimate of drug-likeness (QED) is 0.265. The highest BCUT2D eigenvalue weighted by Gasteiger charge is 2.13. The van der Waals surface area contributed by atoms with Gasteiger partial charge < -0.3 is 0 Å². The molecule has 0 aliphatic heterocycles. The fourth-order valence-electron chi connectivity index (χ4n) is 2.60. The zero-order valence-corrected chi connectivity index (χ0v) is 31.1. The summed E-state index contributed by atoms with van der Waals surface area (Å²) in [4.78, 5) is 8.01. The van der Waals surface area contributed by atoms with Gasteiger partial charge >= 0.3 is 0 Å². The summed E-state index contributed by atoms with van der Waals surface area (Å²) in [5.41, 5.74) is 4.80. The van der Waals surface area contributed by atoms with Crippen molar-refractivity contribution in [3.05, 3.63) is 96.1 Å². The van der Waals surface area contributed by atoms with Crippen LogP contribution in [0.1, 0.15) is 141 Å². The van der Waals surface area contributed by atoms with Crippen LogP contribution in [0, 0.1) is 17.8 Å². The van der Waals surface area contributed by atoms with Crippen molar-refractivity contribution in [2.45, 2.75) is 141 Å². The standard InChI is InChI=1S/C10H14.2C9H13N.3C4H10/c1-10(2,3)9-7-5-4-6-8-9;1-9(2,3)8-4-6-10-7-5-8;1-9(2,3)8-5-4-6-10-7-8;3*1-4(2)3/h4-8H,1-3H3;2*4-7H,1-3H3;3*4H,1-3H3. The molecule has 0 saturated carbocycles. The van der Waals surface area contributed by atoms with E-state index in [1.807, 2.05) is 24.7 Å². The lowest BCUT2D eigenvalue weighted by Crippen LogP contribution is -2.10. The van der Waals surface area contributed by atoms with Crippen LogP contribution >= 0.6 is 0 Å². The van der Waals surface area contributed by atoms with Crippen molar-refractivity contribution in [3.63, 3.8) is 0 Å². The Morgan fingerprint density at radius 2 is 0.690 bits per heavy atom. The fraction of sp³-hybridized carbons (Fsp3) is 0.600. The van der Waals surface area contributed by atoms with Crippen LogP contribution in [-0.4, -0.2) is 9.97 Å². The van der Waals surface area contributed by atoms with Gasteiger partial charge in [0.25, 0.3) is 0 Å². The third-order valence-corrected chi connectivity index (χ3v) is 4.71. The molecule has 2 heteroatoms. The van der Waals surface area contributed by atoms with Gasteiger partial charge in [-0.2, -0.15) is 0 Å². The van der Waals surface area contributed by atoms with E-state index in [2.05, 4.69) is 183 Å². The van der Waals surface area contributed by atoms with Crippen LogP contribution in [0.2, 0.25) is 0 Å². The van der Waals surface area contributed by atoms with E-state index in [4.69, 9.17) is 0 Å². The highest BCUT2D eigenvalue weighted by molar-refractivity contribution is 5.22. The molecule has 1 aromatic carbocycles. The Labute approximate surface area is 264 Å². The van der Waals surface area contributed by atoms with Crippen LogP contribution in [0.3, 0.4) is 0 Å². The summed E-state index contributed by atoms with van der Waals surface area (Å²) >= 11 is 0. The molecule has 0 amide bonds. The number of benzene rings is 1. The van der Waals surface area contributed by atoms with Crippen molar-refractivity contribution in [1.82, 2.24) is 9.97 Å². The summed E-state index contributed by atoms with van der Waals surface area (Å²) in [6.07, 6.45) is 7.39. The molecule has 0 fully saturated rings. The van der Waals surface area contributed by atoms with Crippen LogP contribution in [-0.2, 0) is 16.2 Å². The van der Waals surface area contributed by atoms with Gasteiger partial charge in [0.2, 0.25) is 0 Å². The first-order valence-corrected chi connectivity index (χ1v) is 15.9. The van der Waals surface area contributed by atoms with Gasteiger partial charge in [0.1, 0.15) is 0 Å². The summed E-state index contributed by atoms with van der Waals surface area (Å²) in [6.45, 7) is 39.3. The van der Waals surface area contributed by atoms with E-state index in [9.17, 15) is 0 Å². The molecule has 3 rings (SSSR count). The summed E-state index contributed by atoms with van der Waals surface area (Å²) < 4.78 is 0. The molecule has 240 valence electrons. The largest absolute Gasteiger partial charge is 0.265 e. The molecule has 42 heavy (non-hydrogen) atoms. The predicted molar refractivity (Wildman–Crippen MR) is 193 cm³/mol. The van der Waals surface area contributed by atoms with E-state index in [-0.39, 0.29) is 10.8 Å². The van der Waals surface area contributed by atoms with Crippen molar-refractivity contribution >= 4 is 0 Å². The minimum Gasteiger partial charge on any atom is -0.265 e. The Kier molecular flexibility index (Phi) is 24.1. The van der Waals surface area contributed by atoms with E-state index in [0.29, 0.717) is 5.41 Å². The van der Waals surface area contributed by atoms with Gasteiger partial charge in [-0.05, 0) is 68.9 Å². The van der Waals surface area contributed by atoms with E-state index >= 15 is 0 Å².